The Hall–Kier alpha value is -2.63. The minimum absolute atomic E-state index is 0.00603. The van der Waals surface area contributed by atoms with Crippen LogP contribution in [0.1, 0.15) is 6.42 Å². The summed E-state index contributed by atoms with van der Waals surface area (Å²) >= 11 is 0. The van der Waals surface area contributed by atoms with Gasteiger partial charge in [0.2, 0.25) is 11.8 Å². The molecule has 1 aromatic heterocycles. The maximum absolute atomic E-state index is 11.9. The number of anilines is 1. The molecule has 0 saturated carbocycles. The summed E-state index contributed by atoms with van der Waals surface area (Å²) in [6.45, 7) is 0.674. The van der Waals surface area contributed by atoms with E-state index in [0.29, 0.717) is 13.0 Å². The number of hydrogen-bond acceptors (Lipinski definition) is 4. The van der Waals surface area contributed by atoms with E-state index in [2.05, 4.69) is 15.6 Å². The van der Waals surface area contributed by atoms with Gasteiger partial charge in [0.1, 0.15) is 6.04 Å². The van der Waals surface area contributed by atoms with Crippen molar-refractivity contribution in [1.29, 1.82) is 0 Å². The molecule has 2 aliphatic rings. The zero-order chi connectivity index (χ0) is 15.1. The topological polar surface area (TPSA) is 74.3 Å². The van der Waals surface area contributed by atoms with Gasteiger partial charge in [0.05, 0.1) is 12.1 Å². The number of piperazine rings is 1. The van der Waals surface area contributed by atoms with Crippen LogP contribution in [0.15, 0.2) is 36.5 Å². The molecule has 2 amide bonds. The molecule has 0 bridgehead atoms. The number of hydrogen-bond donors (Lipinski definition) is 2. The zero-order valence-corrected chi connectivity index (χ0v) is 12.0. The molecular formula is C16H16N4O2. The molecule has 6 nitrogen and oxygen atoms in total. The van der Waals surface area contributed by atoms with Crippen molar-refractivity contribution in [2.24, 2.45) is 0 Å². The number of amides is 2. The van der Waals surface area contributed by atoms with Gasteiger partial charge in [-0.1, -0.05) is 18.2 Å². The highest BCUT2D eigenvalue weighted by Gasteiger charge is 2.42. The first kappa shape index (κ1) is 13.1. The fourth-order valence-corrected chi connectivity index (χ4v) is 3.29. The first-order valence-electron chi connectivity index (χ1n) is 7.40. The van der Waals surface area contributed by atoms with Crippen molar-refractivity contribution in [3.05, 3.63) is 36.5 Å². The minimum atomic E-state index is -0.341. The fraction of sp³-hybridized carbons (Fsp3) is 0.312. The number of para-hydroxylation sites is 1. The molecule has 1 aromatic carbocycles. The predicted octanol–water partition coefficient (Wildman–Crippen LogP) is 0.746. The quantitative estimate of drug-likeness (QED) is 0.857. The lowest BCUT2D eigenvalue weighted by Gasteiger charge is -2.28. The number of benzene rings is 1. The summed E-state index contributed by atoms with van der Waals surface area (Å²) in [6, 6.07) is 9.58. The van der Waals surface area contributed by atoms with Crippen LogP contribution < -0.4 is 10.6 Å². The Bertz CT molecular complexity index is 731. The van der Waals surface area contributed by atoms with Crippen LogP contribution in [-0.2, 0) is 9.59 Å². The highest BCUT2D eigenvalue weighted by Crippen LogP contribution is 2.27. The average molecular weight is 296 g/mol. The molecule has 2 atom stereocenters. The summed E-state index contributed by atoms with van der Waals surface area (Å²) in [4.78, 5) is 29.8. The number of pyridine rings is 1. The molecule has 22 heavy (non-hydrogen) atoms. The third-order valence-electron chi connectivity index (χ3n) is 4.35. The van der Waals surface area contributed by atoms with Crippen LogP contribution >= 0.6 is 0 Å². The maximum atomic E-state index is 11.9. The number of fused-ring (bicyclic) bond motifs is 2. The van der Waals surface area contributed by atoms with Gasteiger partial charge < -0.3 is 15.5 Å². The number of carbonyl (C=O) groups is 2. The van der Waals surface area contributed by atoms with Crippen LogP contribution in [0.4, 0.5) is 5.69 Å². The Balaban J connectivity index is 1.59. The summed E-state index contributed by atoms with van der Waals surface area (Å²) in [7, 11) is 0. The first-order valence-corrected chi connectivity index (χ1v) is 7.40. The second-order valence-electron chi connectivity index (χ2n) is 5.73. The second-order valence-corrected chi connectivity index (χ2v) is 5.73. The van der Waals surface area contributed by atoms with Crippen LogP contribution in [0.25, 0.3) is 10.9 Å². The van der Waals surface area contributed by atoms with Crippen molar-refractivity contribution in [3.8, 4) is 0 Å². The normalized spacial score (nSPS) is 24.3. The van der Waals surface area contributed by atoms with Gasteiger partial charge >= 0.3 is 0 Å². The molecule has 2 aromatic rings. The predicted molar refractivity (Wildman–Crippen MR) is 82.3 cm³/mol. The highest BCUT2D eigenvalue weighted by atomic mass is 16.2. The Morgan fingerprint density at radius 1 is 1.23 bits per heavy atom. The van der Waals surface area contributed by atoms with E-state index in [4.69, 9.17) is 0 Å². The van der Waals surface area contributed by atoms with Crippen molar-refractivity contribution >= 4 is 28.4 Å². The molecule has 2 saturated heterocycles. The molecule has 0 unspecified atom stereocenters. The van der Waals surface area contributed by atoms with Crippen LogP contribution in [0.3, 0.4) is 0 Å². The molecular weight excluding hydrogens is 280 g/mol. The summed E-state index contributed by atoms with van der Waals surface area (Å²) < 4.78 is 0. The van der Waals surface area contributed by atoms with E-state index in [0.717, 1.165) is 16.6 Å². The van der Waals surface area contributed by atoms with Crippen molar-refractivity contribution in [3.63, 3.8) is 0 Å². The molecule has 3 heterocycles. The lowest BCUT2D eigenvalue weighted by atomic mass is 10.1. The maximum Gasteiger partial charge on any atom is 0.243 e. The Labute approximate surface area is 127 Å². The van der Waals surface area contributed by atoms with E-state index in [1.807, 2.05) is 30.3 Å². The van der Waals surface area contributed by atoms with Gasteiger partial charge in [-0.05, 0) is 18.6 Å². The van der Waals surface area contributed by atoms with Gasteiger partial charge in [-0.2, -0.15) is 0 Å². The van der Waals surface area contributed by atoms with E-state index in [9.17, 15) is 9.59 Å². The molecule has 2 aliphatic heterocycles. The van der Waals surface area contributed by atoms with Crippen LogP contribution in [-0.4, -0.2) is 46.9 Å². The monoisotopic (exact) mass is 296 g/mol. The molecule has 4 rings (SSSR count). The van der Waals surface area contributed by atoms with Gasteiger partial charge in [-0.3, -0.25) is 14.6 Å². The summed E-state index contributed by atoms with van der Waals surface area (Å²) in [5.41, 5.74) is 1.92. The van der Waals surface area contributed by atoms with Crippen LogP contribution in [0, 0.1) is 0 Å². The lowest BCUT2D eigenvalue weighted by molar-refractivity contribution is -0.143. The van der Waals surface area contributed by atoms with Gasteiger partial charge in [0, 0.05) is 29.9 Å². The average Bonchev–Trinajstić information content (AvgIpc) is 2.97. The third-order valence-corrected chi connectivity index (χ3v) is 4.35. The van der Waals surface area contributed by atoms with Gasteiger partial charge in [-0.25, -0.2) is 0 Å². The van der Waals surface area contributed by atoms with Crippen LogP contribution in [0.5, 0.6) is 0 Å². The number of carbonyl (C=O) groups excluding carboxylic acids is 2. The zero-order valence-electron chi connectivity index (χ0n) is 12.0. The van der Waals surface area contributed by atoms with Gasteiger partial charge in [0.25, 0.3) is 0 Å². The van der Waals surface area contributed by atoms with Crippen molar-refractivity contribution in [2.45, 2.75) is 18.5 Å². The van der Waals surface area contributed by atoms with Crippen LogP contribution in [0.2, 0.25) is 0 Å². The number of rotatable bonds is 2. The summed E-state index contributed by atoms with van der Waals surface area (Å²) in [6.07, 6.45) is 2.40. The van der Waals surface area contributed by atoms with E-state index in [1.165, 1.54) is 0 Å². The number of aromatic nitrogens is 1. The molecule has 6 heteroatoms. The van der Waals surface area contributed by atoms with Crippen molar-refractivity contribution in [1.82, 2.24) is 15.2 Å². The second kappa shape index (κ2) is 4.98. The molecule has 0 aliphatic carbocycles. The first-order chi connectivity index (χ1) is 10.7. The van der Waals surface area contributed by atoms with E-state index in [-0.39, 0.29) is 30.4 Å². The molecule has 112 valence electrons. The molecule has 2 N–H and O–H groups in total. The smallest absolute Gasteiger partial charge is 0.243 e. The van der Waals surface area contributed by atoms with Gasteiger partial charge in [0.15, 0.2) is 0 Å². The lowest BCUT2D eigenvalue weighted by Crippen LogP contribution is -2.55. The van der Waals surface area contributed by atoms with Crippen molar-refractivity contribution in [2.75, 3.05) is 18.4 Å². The molecule has 2 fully saturated rings. The standard InChI is InChI=1S/C16H16N4O2/c21-15-8-18-16(22)14-7-10(9-20(14)15)19-13-5-6-17-12-4-2-1-3-11(12)13/h1-6,10,14H,7-9H2,(H,17,19)(H,18,22)/t10-,14+/m1/s1. The minimum Gasteiger partial charge on any atom is -0.380 e. The largest absolute Gasteiger partial charge is 0.380 e. The van der Waals surface area contributed by atoms with E-state index < -0.39 is 0 Å². The SMILES string of the molecule is O=C1NCC(=O)N2C[C@H](Nc3ccnc4ccccc34)C[C@@H]12. The third kappa shape index (κ3) is 2.07. The Kier molecular flexibility index (Phi) is 2.96. The highest BCUT2D eigenvalue weighted by molar-refractivity contribution is 5.96. The molecule has 0 spiro atoms. The molecule has 0 radical (unpaired) electrons. The number of nitrogens with one attached hydrogen (secondary N) is 2. The Morgan fingerprint density at radius 2 is 2.09 bits per heavy atom. The summed E-state index contributed by atoms with van der Waals surface area (Å²) in [5.74, 6) is -0.0584. The van der Waals surface area contributed by atoms with E-state index in [1.54, 1.807) is 11.1 Å². The van der Waals surface area contributed by atoms with Crippen molar-refractivity contribution < 1.29 is 9.59 Å². The Morgan fingerprint density at radius 3 is 2.95 bits per heavy atom. The fourth-order valence-electron chi connectivity index (χ4n) is 3.29. The van der Waals surface area contributed by atoms with E-state index >= 15 is 0 Å². The van der Waals surface area contributed by atoms with Gasteiger partial charge in [-0.15, -0.1) is 0 Å². The number of nitrogens with zero attached hydrogens (tertiary/aromatic N) is 2. The summed E-state index contributed by atoms with van der Waals surface area (Å²) in [5, 5.41) is 7.16.